The van der Waals surface area contributed by atoms with Crippen LogP contribution in [0.5, 0.6) is 0 Å². The smallest absolute Gasteiger partial charge is 0.339 e. The van der Waals surface area contributed by atoms with E-state index in [-0.39, 0.29) is 18.7 Å². The Hall–Kier alpha value is -1.51. The van der Waals surface area contributed by atoms with E-state index in [0.29, 0.717) is 0 Å². The van der Waals surface area contributed by atoms with E-state index >= 15 is 0 Å². The van der Waals surface area contributed by atoms with Crippen LogP contribution in [0.2, 0.25) is 0 Å². The van der Waals surface area contributed by atoms with Crippen LogP contribution in [0.1, 0.15) is 17.3 Å². The number of ether oxygens (including phenoxy) is 1. The number of carbonyl (C=O) groups excluding carboxylic acids is 1. The van der Waals surface area contributed by atoms with Crippen LogP contribution in [0.4, 0.5) is 4.39 Å². The molecule has 6 nitrogen and oxygen atoms in total. The molecule has 0 radical (unpaired) electrons. The van der Waals surface area contributed by atoms with E-state index in [1.54, 1.807) is 0 Å². The number of benzene rings is 1. The normalized spacial score (nSPS) is 18.4. The van der Waals surface area contributed by atoms with Gasteiger partial charge in [0.25, 0.3) is 0 Å². The third kappa shape index (κ3) is 2.54. The highest BCUT2D eigenvalue weighted by Gasteiger charge is 2.45. The summed E-state index contributed by atoms with van der Waals surface area (Å²) in [5, 5.41) is 9.60. The van der Waals surface area contributed by atoms with E-state index in [9.17, 15) is 22.7 Å². The third-order valence-corrected chi connectivity index (χ3v) is 4.83. The average Bonchev–Trinajstić information content (AvgIpc) is 2.34. The first-order chi connectivity index (χ1) is 9.17. The molecule has 0 unspecified atom stereocenters. The maximum atomic E-state index is 13.3. The summed E-state index contributed by atoms with van der Waals surface area (Å²) in [6.45, 7) is 1.28. The molecule has 1 heterocycles. The van der Waals surface area contributed by atoms with E-state index in [4.69, 9.17) is 0 Å². The number of rotatable bonds is 3. The highest BCUT2D eigenvalue weighted by molar-refractivity contribution is 7.89. The van der Waals surface area contributed by atoms with Crippen molar-refractivity contribution in [1.29, 1.82) is 0 Å². The molecule has 2 rings (SSSR count). The van der Waals surface area contributed by atoms with Crippen molar-refractivity contribution in [2.24, 2.45) is 0 Å². The number of nitrogens with zero attached hydrogens (tertiary/aromatic N) is 1. The number of β-amino-alcohol motifs (C(OH)–C–C–N with tert-alkyl or cyclic N) is 1. The zero-order valence-electron chi connectivity index (χ0n) is 11.0. The largest absolute Gasteiger partial charge is 0.465 e. The fraction of sp³-hybridized carbons (Fsp3) is 0.417. The molecule has 0 aromatic heterocycles. The van der Waals surface area contributed by atoms with Gasteiger partial charge in [0.1, 0.15) is 5.82 Å². The van der Waals surface area contributed by atoms with Crippen LogP contribution in [0.15, 0.2) is 23.1 Å². The number of halogens is 1. The molecule has 0 saturated carbocycles. The van der Waals surface area contributed by atoms with Gasteiger partial charge < -0.3 is 9.84 Å². The first-order valence-corrected chi connectivity index (χ1v) is 7.22. The Kier molecular flexibility index (Phi) is 3.57. The summed E-state index contributed by atoms with van der Waals surface area (Å²) in [4.78, 5) is 11.1. The zero-order valence-corrected chi connectivity index (χ0v) is 11.8. The predicted octanol–water partition coefficient (Wildman–Crippen LogP) is 0.368. The van der Waals surface area contributed by atoms with Crippen molar-refractivity contribution in [1.82, 2.24) is 4.31 Å². The number of aliphatic hydroxyl groups is 1. The molecule has 0 aliphatic carbocycles. The van der Waals surface area contributed by atoms with Gasteiger partial charge in [-0.1, -0.05) is 0 Å². The molecule has 0 amide bonds. The molecule has 8 heteroatoms. The SMILES string of the molecule is COC(=O)c1ccc(F)cc1S(=O)(=O)N1CC(C)(O)C1. The minimum Gasteiger partial charge on any atom is -0.465 e. The van der Waals surface area contributed by atoms with Gasteiger partial charge in [-0.3, -0.25) is 0 Å². The monoisotopic (exact) mass is 303 g/mol. The molecule has 1 N–H and O–H groups in total. The van der Waals surface area contributed by atoms with Gasteiger partial charge in [-0.2, -0.15) is 4.31 Å². The number of sulfonamides is 1. The molecular formula is C12H14FNO5S. The third-order valence-electron chi connectivity index (χ3n) is 3.00. The van der Waals surface area contributed by atoms with Crippen molar-refractivity contribution in [2.45, 2.75) is 17.4 Å². The van der Waals surface area contributed by atoms with Gasteiger partial charge in [0.15, 0.2) is 0 Å². The molecule has 0 spiro atoms. The molecule has 20 heavy (non-hydrogen) atoms. The van der Waals surface area contributed by atoms with Crippen molar-refractivity contribution in [2.75, 3.05) is 20.2 Å². The lowest BCUT2D eigenvalue weighted by Gasteiger charge is -2.42. The van der Waals surface area contributed by atoms with E-state index in [1.165, 1.54) is 6.92 Å². The van der Waals surface area contributed by atoms with Crippen LogP contribution in [0.25, 0.3) is 0 Å². The molecule has 1 aromatic rings. The number of carbonyl (C=O) groups is 1. The number of esters is 1. The first-order valence-electron chi connectivity index (χ1n) is 5.78. The zero-order chi connectivity index (χ0) is 15.1. The summed E-state index contributed by atoms with van der Waals surface area (Å²) in [7, 11) is -2.94. The Morgan fingerprint density at radius 2 is 2.05 bits per heavy atom. The van der Waals surface area contributed by atoms with Crippen LogP contribution in [0.3, 0.4) is 0 Å². The lowest BCUT2D eigenvalue weighted by atomic mass is 10.0. The summed E-state index contributed by atoms with van der Waals surface area (Å²) < 4.78 is 43.4. The predicted molar refractivity (Wildman–Crippen MR) is 67.1 cm³/mol. The molecule has 110 valence electrons. The fourth-order valence-electron chi connectivity index (χ4n) is 2.01. The van der Waals surface area contributed by atoms with Gasteiger partial charge in [0.05, 0.1) is 23.2 Å². The second-order valence-electron chi connectivity index (χ2n) is 4.90. The van der Waals surface area contributed by atoms with Crippen LogP contribution in [0, 0.1) is 5.82 Å². The Balaban J connectivity index is 2.46. The second kappa shape index (κ2) is 4.80. The van der Waals surface area contributed by atoms with Gasteiger partial charge in [-0.05, 0) is 25.1 Å². The fourth-order valence-corrected chi connectivity index (χ4v) is 3.88. The average molecular weight is 303 g/mol. The van der Waals surface area contributed by atoms with E-state index in [1.807, 2.05) is 0 Å². The van der Waals surface area contributed by atoms with Crippen LogP contribution < -0.4 is 0 Å². The maximum absolute atomic E-state index is 13.3. The van der Waals surface area contributed by atoms with E-state index < -0.39 is 32.3 Å². The van der Waals surface area contributed by atoms with Gasteiger partial charge in [0, 0.05) is 13.1 Å². The van der Waals surface area contributed by atoms with E-state index in [0.717, 1.165) is 29.6 Å². The highest BCUT2D eigenvalue weighted by atomic mass is 32.2. The van der Waals surface area contributed by atoms with Crippen LogP contribution in [-0.2, 0) is 14.8 Å². The number of hydrogen-bond acceptors (Lipinski definition) is 5. The summed E-state index contributed by atoms with van der Waals surface area (Å²) in [5.74, 6) is -1.64. The van der Waals surface area contributed by atoms with Crippen LogP contribution >= 0.6 is 0 Å². The molecule has 1 aromatic carbocycles. The topological polar surface area (TPSA) is 83.9 Å². The minimum absolute atomic E-state index is 0.105. The summed E-state index contributed by atoms with van der Waals surface area (Å²) in [6, 6.07) is 2.82. The molecule has 0 atom stereocenters. The Morgan fingerprint density at radius 1 is 1.45 bits per heavy atom. The van der Waals surface area contributed by atoms with Gasteiger partial charge in [-0.25, -0.2) is 17.6 Å². The quantitative estimate of drug-likeness (QED) is 0.816. The molecule has 1 saturated heterocycles. The number of methoxy groups -OCH3 is 1. The molecule has 1 fully saturated rings. The lowest BCUT2D eigenvalue weighted by molar-refractivity contribution is -0.0426. The van der Waals surface area contributed by atoms with Crippen molar-refractivity contribution in [3.8, 4) is 0 Å². The summed E-state index contributed by atoms with van der Waals surface area (Å²) in [6.07, 6.45) is 0. The van der Waals surface area contributed by atoms with E-state index in [2.05, 4.69) is 4.74 Å². The van der Waals surface area contributed by atoms with Crippen molar-refractivity contribution >= 4 is 16.0 Å². The Labute approximate surface area is 115 Å². The summed E-state index contributed by atoms with van der Waals surface area (Å²) in [5.41, 5.74) is -1.34. The lowest BCUT2D eigenvalue weighted by Crippen LogP contribution is -2.61. The molecule has 0 bridgehead atoms. The first kappa shape index (κ1) is 14.9. The highest BCUT2D eigenvalue weighted by Crippen LogP contribution is 2.30. The van der Waals surface area contributed by atoms with Crippen molar-refractivity contribution < 1.29 is 27.4 Å². The van der Waals surface area contributed by atoms with Gasteiger partial charge in [0.2, 0.25) is 10.0 Å². The standard InChI is InChI=1S/C12H14FNO5S/c1-12(16)6-14(7-12)20(17,18)10-5-8(13)3-4-9(10)11(15)19-2/h3-5,16H,6-7H2,1-2H3. The molecular weight excluding hydrogens is 289 g/mol. The summed E-state index contributed by atoms with van der Waals surface area (Å²) >= 11 is 0. The number of hydrogen-bond donors (Lipinski definition) is 1. The van der Waals surface area contributed by atoms with Gasteiger partial charge >= 0.3 is 5.97 Å². The Morgan fingerprint density at radius 3 is 2.55 bits per heavy atom. The molecule has 1 aliphatic heterocycles. The van der Waals surface area contributed by atoms with Crippen molar-refractivity contribution in [3.63, 3.8) is 0 Å². The second-order valence-corrected chi connectivity index (χ2v) is 6.81. The maximum Gasteiger partial charge on any atom is 0.339 e. The van der Waals surface area contributed by atoms with Crippen molar-refractivity contribution in [3.05, 3.63) is 29.6 Å². The van der Waals surface area contributed by atoms with Gasteiger partial charge in [-0.15, -0.1) is 0 Å². The Bertz CT molecular complexity index is 648. The minimum atomic E-state index is -4.05. The van der Waals surface area contributed by atoms with Crippen LogP contribution in [-0.4, -0.2) is 49.6 Å². The molecule has 1 aliphatic rings.